The first-order valence-corrected chi connectivity index (χ1v) is 4.01. The Balaban J connectivity index is 2.37. The van der Waals surface area contributed by atoms with Crippen LogP contribution in [0.15, 0.2) is 0 Å². The highest BCUT2D eigenvalue weighted by Gasteiger charge is 2.36. The number of carbonyl (C=O) groups is 4. The molecule has 14 heavy (non-hydrogen) atoms. The van der Waals surface area contributed by atoms with Gasteiger partial charge in [-0.3, -0.25) is 9.59 Å². The molecular weight excluding hydrogens is 192 g/mol. The second kappa shape index (κ2) is 4.50. The van der Waals surface area contributed by atoms with E-state index < -0.39 is 24.0 Å². The van der Waals surface area contributed by atoms with Gasteiger partial charge in [0.2, 0.25) is 6.10 Å². The third-order valence-corrected chi connectivity index (χ3v) is 1.57. The number of aldehydes is 1. The molecule has 1 rings (SSSR count). The van der Waals surface area contributed by atoms with Crippen LogP contribution in [0.25, 0.3) is 0 Å². The van der Waals surface area contributed by atoms with E-state index in [1.807, 2.05) is 0 Å². The zero-order chi connectivity index (χ0) is 10.6. The Hall–Kier alpha value is -1.72. The summed E-state index contributed by atoms with van der Waals surface area (Å²) in [7, 11) is 0. The standard InChI is InChI=1S/C8H8O6/c9-3-1-2-6(10)13-5-4-7(11)14-8(5)12/h3,5H,1-2,4H2. The summed E-state index contributed by atoms with van der Waals surface area (Å²) in [5.41, 5.74) is 0. The van der Waals surface area contributed by atoms with E-state index in [-0.39, 0.29) is 19.3 Å². The Bertz CT molecular complexity index is 282. The number of cyclic esters (lactones) is 2. The summed E-state index contributed by atoms with van der Waals surface area (Å²) in [4.78, 5) is 42.2. The summed E-state index contributed by atoms with van der Waals surface area (Å²) in [6, 6.07) is 0. The Labute approximate surface area is 79.2 Å². The lowest BCUT2D eigenvalue weighted by Gasteiger charge is -2.05. The average molecular weight is 200 g/mol. The van der Waals surface area contributed by atoms with Crippen molar-refractivity contribution in [1.29, 1.82) is 0 Å². The van der Waals surface area contributed by atoms with E-state index in [4.69, 9.17) is 0 Å². The van der Waals surface area contributed by atoms with Crippen LogP contribution in [0.3, 0.4) is 0 Å². The van der Waals surface area contributed by atoms with Crippen molar-refractivity contribution >= 4 is 24.2 Å². The van der Waals surface area contributed by atoms with Crippen LogP contribution < -0.4 is 0 Å². The van der Waals surface area contributed by atoms with E-state index in [1.54, 1.807) is 0 Å². The molecule has 1 saturated heterocycles. The van der Waals surface area contributed by atoms with Crippen LogP contribution in [0.5, 0.6) is 0 Å². The van der Waals surface area contributed by atoms with Crippen molar-refractivity contribution in [2.45, 2.75) is 25.4 Å². The van der Waals surface area contributed by atoms with Crippen molar-refractivity contribution in [2.24, 2.45) is 0 Å². The Morgan fingerprint density at radius 3 is 2.79 bits per heavy atom. The zero-order valence-corrected chi connectivity index (χ0v) is 7.23. The highest BCUT2D eigenvalue weighted by atomic mass is 16.6. The summed E-state index contributed by atoms with van der Waals surface area (Å²) in [6.07, 6.45) is -0.872. The molecule has 1 aliphatic rings. The van der Waals surface area contributed by atoms with Crippen molar-refractivity contribution in [2.75, 3.05) is 0 Å². The summed E-state index contributed by atoms with van der Waals surface area (Å²) < 4.78 is 8.76. The number of hydrogen-bond acceptors (Lipinski definition) is 6. The van der Waals surface area contributed by atoms with E-state index in [0.29, 0.717) is 6.29 Å². The molecule has 6 heteroatoms. The van der Waals surface area contributed by atoms with Crippen LogP contribution in [0.1, 0.15) is 19.3 Å². The molecular formula is C8H8O6. The van der Waals surface area contributed by atoms with E-state index in [1.165, 1.54) is 0 Å². The molecule has 0 amide bonds. The summed E-state index contributed by atoms with van der Waals surface area (Å²) in [6.45, 7) is 0. The van der Waals surface area contributed by atoms with Crippen LogP contribution >= 0.6 is 0 Å². The molecule has 76 valence electrons. The molecule has 1 aliphatic heterocycles. The topological polar surface area (TPSA) is 86.7 Å². The van der Waals surface area contributed by atoms with Gasteiger partial charge in [-0.05, 0) is 0 Å². The SMILES string of the molecule is O=CCCC(=O)OC1CC(=O)OC1=O. The van der Waals surface area contributed by atoms with E-state index >= 15 is 0 Å². The van der Waals surface area contributed by atoms with Crippen LogP contribution in [0, 0.1) is 0 Å². The smallest absolute Gasteiger partial charge is 0.355 e. The van der Waals surface area contributed by atoms with Crippen LogP contribution in [0.2, 0.25) is 0 Å². The fourth-order valence-electron chi connectivity index (χ4n) is 0.938. The summed E-state index contributed by atoms with van der Waals surface area (Å²) >= 11 is 0. The minimum absolute atomic E-state index is 0.0363. The monoisotopic (exact) mass is 200 g/mol. The van der Waals surface area contributed by atoms with Crippen LogP contribution in [-0.2, 0) is 28.7 Å². The van der Waals surface area contributed by atoms with E-state index in [0.717, 1.165) is 0 Å². The van der Waals surface area contributed by atoms with Crippen molar-refractivity contribution in [3.8, 4) is 0 Å². The van der Waals surface area contributed by atoms with Gasteiger partial charge >= 0.3 is 17.9 Å². The molecule has 0 saturated carbocycles. The second-order valence-corrected chi connectivity index (χ2v) is 2.68. The van der Waals surface area contributed by atoms with Gasteiger partial charge in [0.25, 0.3) is 0 Å². The predicted molar refractivity (Wildman–Crippen MR) is 40.9 cm³/mol. The van der Waals surface area contributed by atoms with Gasteiger partial charge < -0.3 is 14.3 Å². The van der Waals surface area contributed by atoms with Crippen LogP contribution in [0.4, 0.5) is 0 Å². The van der Waals surface area contributed by atoms with Crippen molar-refractivity contribution in [3.05, 3.63) is 0 Å². The quantitative estimate of drug-likeness (QED) is 0.340. The molecule has 0 aromatic rings. The molecule has 0 radical (unpaired) electrons. The highest BCUT2D eigenvalue weighted by molar-refractivity contribution is 5.97. The fourth-order valence-corrected chi connectivity index (χ4v) is 0.938. The first-order valence-electron chi connectivity index (χ1n) is 4.01. The van der Waals surface area contributed by atoms with E-state index in [2.05, 4.69) is 9.47 Å². The van der Waals surface area contributed by atoms with Gasteiger partial charge in [0.05, 0.1) is 12.8 Å². The van der Waals surface area contributed by atoms with Gasteiger partial charge in [-0.15, -0.1) is 0 Å². The summed E-state index contributed by atoms with van der Waals surface area (Å²) in [5, 5.41) is 0. The average Bonchev–Trinajstić information content (AvgIpc) is 2.42. The Morgan fingerprint density at radius 1 is 1.57 bits per heavy atom. The molecule has 1 atom stereocenters. The molecule has 0 aliphatic carbocycles. The normalized spacial score (nSPS) is 20.4. The number of hydrogen-bond donors (Lipinski definition) is 0. The van der Waals surface area contributed by atoms with Crippen molar-refractivity contribution < 1.29 is 28.7 Å². The van der Waals surface area contributed by atoms with Crippen molar-refractivity contribution in [1.82, 2.24) is 0 Å². The molecule has 0 aromatic heterocycles. The van der Waals surface area contributed by atoms with Crippen LogP contribution in [-0.4, -0.2) is 30.3 Å². The Morgan fingerprint density at radius 2 is 2.29 bits per heavy atom. The molecule has 0 bridgehead atoms. The lowest BCUT2D eigenvalue weighted by molar-refractivity contribution is -0.162. The van der Waals surface area contributed by atoms with Gasteiger partial charge in [-0.1, -0.05) is 0 Å². The molecule has 0 aromatic carbocycles. The maximum atomic E-state index is 10.9. The van der Waals surface area contributed by atoms with Gasteiger partial charge in [-0.25, -0.2) is 4.79 Å². The molecule has 1 fully saturated rings. The van der Waals surface area contributed by atoms with Gasteiger partial charge in [-0.2, -0.15) is 0 Å². The number of carbonyl (C=O) groups excluding carboxylic acids is 4. The van der Waals surface area contributed by atoms with Gasteiger partial charge in [0.15, 0.2) is 0 Å². The molecule has 0 spiro atoms. The maximum Gasteiger partial charge on any atom is 0.355 e. The first kappa shape index (κ1) is 10.4. The molecule has 6 nitrogen and oxygen atoms in total. The largest absolute Gasteiger partial charge is 0.450 e. The maximum absolute atomic E-state index is 10.9. The van der Waals surface area contributed by atoms with Gasteiger partial charge in [0, 0.05) is 6.42 Å². The fraction of sp³-hybridized carbons (Fsp3) is 0.500. The second-order valence-electron chi connectivity index (χ2n) is 2.68. The number of rotatable bonds is 4. The van der Waals surface area contributed by atoms with Crippen molar-refractivity contribution in [3.63, 3.8) is 0 Å². The number of ether oxygens (including phenoxy) is 2. The first-order chi connectivity index (χ1) is 6.63. The third-order valence-electron chi connectivity index (χ3n) is 1.57. The highest BCUT2D eigenvalue weighted by Crippen LogP contribution is 2.12. The Kier molecular flexibility index (Phi) is 3.33. The minimum atomic E-state index is -1.14. The summed E-state index contributed by atoms with van der Waals surface area (Å²) in [5.74, 6) is -2.24. The molecule has 1 heterocycles. The third kappa shape index (κ3) is 2.65. The minimum Gasteiger partial charge on any atom is -0.450 e. The lowest BCUT2D eigenvalue weighted by Crippen LogP contribution is -2.22. The zero-order valence-electron chi connectivity index (χ0n) is 7.23. The molecule has 0 N–H and O–H groups in total. The van der Waals surface area contributed by atoms with Gasteiger partial charge in [0.1, 0.15) is 6.29 Å². The lowest BCUT2D eigenvalue weighted by atomic mass is 10.3. The molecule has 1 unspecified atom stereocenters. The predicted octanol–water partition coefficient (Wildman–Crippen LogP) is -0.649. The number of esters is 3. The van der Waals surface area contributed by atoms with E-state index in [9.17, 15) is 19.2 Å².